The highest BCUT2D eigenvalue weighted by Gasteiger charge is 2.09. The number of halogens is 2. The van der Waals surface area contributed by atoms with Gasteiger partial charge in [0.15, 0.2) is 0 Å². The third-order valence-corrected chi connectivity index (χ3v) is 5.02. The Labute approximate surface area is 149 Å². The first kappa shape index (κ1) is 16.3. The standard InChI is InChI=1S/C18H15Cl2NOS/c1-21-11-13-5-4-12(18-3-2-8-23-18)9-17(13)22-14-6-7-15(19)16(20)10-14/h2-10,21H,11H2,1H3. The summed E-state index contributed by atoms with van der Waals surface area (Å²) < 4.78 is 6.06. The van der Waals surface area contributed by atoms with Crippen LogP contribution in [0.5, 0.6) is 11.5 Å². The maximum atomic E-state index is 6.07. The molecule has 0 spiro atoms. The van der Waals surface area contributed by atoms with Crippen LogP contribution in [-0.2, 0) is 6.54 Å². The van der Waals surface area contributed by atoms with Crippen molar-refractivity contribution in [2.75, 3.05) is 7.05 Å². The SMILES string of the molecule is CNCc1ccc(-c2cccs2)cc1Oc1ccc(Cl)c(Cl)c1. The van der Waals surface area contributed by atoms with Gasteiger partial charge in [-0.3, -0.25) is 0 Å². The molecule has 0 saturated carbocycles. The van der Waals surface area contributed by atoms with Crippen LogP contribution in [0, 0.1) is 0 Å². The van der Waals surface area contributed by atoms with Gasteiger partial charge < -0.3 is 10.1 Å². The fraction of sp³-hybridized carbons (Fsp3) is 0.111. The maximum absolute atomic E-state index is 6.07. The summed E-state index contributed by atoms with van der Waals surface area (Å²) in [5, 5.41) is 6.22. The number of hydrogen-bond acceptors (Lipinski definition) is 3. The van der Waals surface area contributed by atoms with Crippen molar-refractivity contribution in [2.24, 2.45) is 0 Å². The van der Waals surface area contributed by atoms with E-state index in [2.05, 4.69) is 35.0 Å². The Morgan fingerprint density at radius 2 is 1.91 bits per heavy atom. The summed E-state index contributed by atoms with van der Waals surface area (Å²) in [7, 11) is 1.91. The topological polar surface area (TPSA) is 21.3 Å². The Hall–Kier alpha value is -1.52. The molecule has 0 amide bonds. The number of ether oxygens (including phenoxy) is 1. The van der Waals surface area contributed by atoms with Crippen LogP contribution in [0.2, 0.25) is 10.0 Å². The molecule has 0 fully saturated rings. The molecule has 1 N–H and O–H groups in total. The normalized spacial score (nSPS) is 10.7. The third kappa shape index (κ3) is 3.88. The fourth-order valence-corrected chi connectivity index (χ4v) is 3.26. The Morgan fingerprint density at radius 1 is 1.04 bits per heavy atom. The van der Waals surface area contributed by atoms with Gasteiger partial charge in [-0.25, -0.2) is 0 Å². The number of rotatable bonds is 5. The van der Waals surface area contributed by atoms with E-state index >= 15 is 0 Å². The molecule has 5 heteroatoms. The second kappa shape index (κ2) is 7.37. The van der Waals surface area contributed by atoms with Crippen molar-refractivity contribution in [3.63, 3.8) is 0 Å². The van der Waals surface area contributed by atoms with Crippen LogP contribution < -0.4 is 10.1 Å². The Bertz CT molecular complexity index is 803. The average Bonchev–Trinajstić information content (AvgIpc) is 3.07. The molecule has 0 saturated heterocycles. The smallest absolute Gasteiger partial charge is 0.132 e. The molecule has 2 aromatic carbocycles. The van der Waals surface area contributed by atoms with Gasteiger partial charge >= 0.3 is 0 Å². The van der Waals surface area contributed by atoms with Gasteiger partial charge in [-0.15, -0.1) is 11.3 Å². The zero-order chi connectivity index (χ0) is 16.2. The molecule has 0 aliphatic heterocycles. The van der Waals surface area contributed by atoms with Gasteiger partial charge in [0.05, 0.1) is 10.0 Å². The predicted molar refractivity (Wildman–Crippen MR) is 99.1 cm³/mol. The van der Waals surface area contributed by atoms with Gasteiger partial charge in [0, 0.05) is 23.1 Å². The highest BCUT2D eigenvalue weighted by atomic mass is 35.5. The molecule has 1 heterocycles. The molecule has 0 aliphatic carbocycles. The van der Waals surface area contributed by atoms with Crippen LogP contribution in [0.1, 0.15) is 5.56 Å². The van der Waals surface area contributed by atoms with E-state index < -0.39 is 0 Å². The van der Waals surface area contributed by atoms with Crippen LogP contribution in [0.15, 0.2) is 53.9 Å². The molecule has 1 aromatic heterocycles. The van der Waals surface area contributed by atoms with Gasteiger partial charge in [0.25, 0.3) is 0 Å². The highest BCUT2D eigenvalue weighted by Crippen LogP contribution is 2.34. The summed E-state index contributed by atoms with van der Waals surface area (Å²) in [6.45, 7) is 0.724. The first-order valence-corrected chi connectivity index (χ1v) is 8.75. The summed E-state index contributed by atoms with van der Waals surface area (Å²) in [6.07, 6.45) is 0. The predicted octanol–water partition coefficient (Wildman–Crippen LogP) is 6.23. The summed E-state index contributed by atoms with van der Waals surface area (Å²) in [4.78, 5) is 1.21. The lowest BCUT2D eigenvalue weighted by Crippen LogP contribution is -2.06. The van der Waals surface area contributed by atoms with E-state index in [0.29, 0.717) is 15.8 Å². The van der Waals surface area contributed by atoms with E-state index in [1.54, 1.807) is 23.5 Å². The lowest BCUT2D eigenvalue weighted by molar-refractivity contribution is 0.474. The lowest BCUT2D eigenvalue weighted by Gasteiger charge is -2.13. The average molecular weight is 364 g/mol. The summed E-state index contributed by atoms with van der Waals surface area (Å²) >= 11 is 13.7. The van der Waals surface area contributed by atoms with Crippen molar-refractivity contribution >= 4 is 34.5 Å². The molecular weight excluding hydrogens is 349 g/mol. The largest absolute Gasteiger partial charge is 0.457 e. The molecule has 118 valence electrons. The Morgan fingerprint density at radius 3 is 2.61 bits per heavy atom. The summed E-state index contributed by atoms with van der Waals surface area (Å²) in [5.41, 5.74) is 2.22. The molecule has 0 bridgehead atoms. The molecule has 0 aliphatic rings. The summed E-state index contributed by atoms with van der Waals surface area (Å²) in [5.74, 6) is 1.48. The van der Waals surface area contributed by atoms with Gasteiger partial charge in [0.1, 0.15) is 11.5 Å². The molecule has 0 atom stereocenters. The van der Waals surface area contributed by atoms with E-state index in [0.717, 1.165) is 23.4 Å². The van der Waals surface area contributed by atoms with Crippen LogP contribution >= 0.6 is 34.5 Å². The minimum atomic E-state index is 0.480. The second-order valence-corrected chi connectivity index (χ2v) is 6.77. The van der Waals surface area contributed by atoms with Gasteiger partial charge in [-0.1, -0.05) is 41.4 Å². The first-order valence-electron chi connectivity index (χ1n) is 7.11. The fourth-order valence-electron chi connectivity index (χ4n) is 2.25. The van der Waals surface area contributed by atoms with Gasteiger partial charge in [-0.05, 0) is 42.3 Å². The van der Waals surface area contributed by atoms with Crippen LogP contribution in [0.4, 0.5) is 0 Å². The number of thiophene rings is 1. The molecule has 0 radical (unpaired) electrons. The lowest BCUT2D eigenvalue weighted by atomic mass is 10.1. The minimum Gasteiger partial charge on any atom is -0.457 e. The van der Waals surface area contributed by atoms with Crippen LogP contribution in [0.3, 0.4) is 0 Å². The van der Waals surface area contributed by atoms with E-state index in [9.17, 15) is 0 Å². The molecule has 0 unspecified atom stereocenters. The van der Waals surface area contributed by atoms with Crippen molar-refractivity contribution in [3.05, 3.63) is 69.5 Å². The van der Waals surface area contributed by atoms with Crippen LogP contribution in [-0.4, -0.2) is 7.05 Å². The Kier molecular flexibility index (Phi) is 5.23. The van der Waals surface area contributed by atoms with Crippen molar-refractivity contribution in [1.82, 2.24) is 5.32 Å². The number of hydrogen-bond donors (Lipinski definition) is 1. The van der Waals surface area contributed by atoms with Crippen molar-refractivity contribution < 1.29 is 4.74 Å². The van der Waals surface area contributed by atoms with E-state index in [1.807, 2.05) is 19.2 Å². The monoisotopic (exact) mass is 363 g/mol. The maximum Gasteiger partial charge on any atom is 0.132 e. The van der Waals surface area contributed by atoms with Gasteiger partial charge in [-0.2, -0.15) is 0 Å². The van der Waals surface area contributed by atoms with Crippen molar-refractivity contribution in [3.8, 4) is 21.9 Å². The van der Waals surface area contributed by atoms with Crippen LogP contribution in [0.25, 0.3) is 10.4 Å². The zero-order valence-corrected chi connectivity index (χ0v) is 14.8. The highest BCUT2D eigenvalue weighted by molar-refractivity contribution is 7.13. The molecule has 2 nitrogen and oxygen atoms in total. The molecule has 23 heavy (non-hydrogen) atoms. The molecular formula is C18H15Cl2NOS. The molecule has 3 aromatic rings. The minimum absolute atomic E-state index is 0.480. The third-order valence-electron chi connectivity index (χ3n) is 3.36. The van der Waals surface area contributed by atoms with Gasteiger partial charge in [0.2, 0.25) is 0 Å². The second-order valence-electron chi connectivity index (χ2n) is 5.01. The molecule has 3 rings (SSSR count). The number of benzene rings is 2. The zero-order valence-electron chi connectivity index (χ0n) is 12.5. The van der Waals surface area contributed by atoms with E-state index in [4.69, 9.17) is 27.9 Å². The van der Waals surface area contributed by atoms with Crippen molar-refractivity contribution in [2.45, 2.75) is 6.54 Å². The van der Waals surface area contributed by atoms with E-state index in [1.165, 1.54) is 4.88 Å². The van der Waals surface area contributed by atoms with E-state index in [-0.39, 0.29) is 0 Å². The number of nitrogens with one attached hydrogen (secondary N) is 1. The first-order chi connectivity index (χ1) is 11.2. The Balaban J connectivity index is 1.97. The summed E-state index contributed by atoms with van der Waals surface area (Å²) in [6, 6.07) is 15.7. The quantitative estimate of drug-likeness (QED) is 0.579. The van der Waals surface area contributed by atoms with Crippen molar-refractivity contribution in [1.29, 1.82) is 0 Å².